The van der Waals surface area contributed by atoms with E-state index in [2.05, 4.69) is 5.32 Å². The number of nitrogens with zero attached hydrogens (tertiary/aromatic N) is 1. The Balaban J connectivity index is 2.09. The average molecular weight is 280 g/mol. The minimum absolute atomic E-state index is 0.274. The molecule has 1 atom stereocenters. The predicted molar refractivity (Wildman–Crippen MR) is 76.2 cm³/mol. The summed E-state index contributed by atoms with van der Waals surface area (Å²) < 4.78 is 18.7. The molecule has 0 heterocycles. The van der Waals surface area contributed by atoms with Crippen molar-refractivity contribution in [2.75, 3.05) is 25.1 Å². The standard InChI is InChI=1S/C15H21FN2O2/c1-3-18(14-7-5-4-6-12(14)16)10-13(15(19)20-2)17-11-8-9-11/h4-7,11,13,17H,3,8-10H2,1-2H3. The summed E-state index contributed by atoms with van der Waals surface area (Å²) in [5.74, 6) is -0.573. The van der Waals surface area contributed by atoms with E-state index in [1.54, 1.807) is 18.2 Å². The zero-order valence-electron chi connectivity index (χ0n) is 11.9. The number of para-hydroxylation sites is 1. The van der Waals surface area contributed by atoms with Gasteiger partial charge in [-0.25, -0.2) is 4.39 Å². The van der Waals surface area contributed by atoms with Crippen molar-refractivity contribution >= 4 is 11.7 Å². The second-order valence-electron chi connectivity index (χ2n) is 5.01. The van der Waals surface area contributed by atoms with Crippen molar-refractivity contribution in [3.8, 4) is 0 Å². The molecule has 1 N–H and O–H groups in total. The Morgan fingerprint density at radius 2 is 2.20 bits per heavy atom. The zero-order chi connectivity index (χ0) is 14.5. The number of likely N-dealkylation sites (N-methyl/N-ethyl adjacent to an activating group) is 1. The number of carbonyl (C=O) groups is 1. The van der Waals surface area contributed by atoms with Crippen LogP contribution in [-0.4, -0.2) is 38.3 Å². The first-order chi connectivity index (χ1) is 9.65. The number of anilines is 1. The smallest absolute Gasteiger partial charge is 0.324 e. The molecule has 1 unspecified atom stereocenters. The first-order valence-electron chi connectivity index (χ1n) is 6.99. The van der Waals surface area contributed by atoms with Gasteiger partial charge in [-0.2, -0.15) is 0 Å². The molecule has 20 heavy (non-hydrogen) atoms. The molecule has 0 spiro atoms. The fourth-order valence-corrected chi connectivity index (χ4v) is 2.20. The molecule has 1 fully saturated rings. The lowest BCUT2D eigenvalue weighted by molar-refractivity contribution is -0.142. The van der Waals surface area contributed by atoms with Gasteiger partial charge in [0.2, 0.25) is 0 Å². The van der Waals surface area contributed by atoms with Crippen molar-refractivity contribution in [2.24, 2.45) is 0 Å². The Hall–Kier alpha value is -1.62. The number of carbonyl (C=O) groups excluding carboxylic acids is 1. The molecule has 1 aromatic rings. The van der Waals surface area contributed by atoms with E-state index in [-0.39, 0.29) is 11.8 Å². The van der Waals surface area contributed by atoms with E-state index in [0.29, 0.717) is 24.8 Å². The van der Waals surface area contributed by atoms with Crippen LogP contribution in [0.25, 0.3) is 0 Å². The average Bonchev–Trinajstić information content (AvgIpc) is 3.27. The highest BCUT2D eigenvalue weighted by molar-refractivity contribution is 5.76. The summed E-state index contributed by atoms with van der Waals surface area (Å²) in [6.07, 6.45) is 2.17. The third-order valence-electron chi connectivity index (χ3n) is 3.48. The number of hydrogen-bond acceptors (Lipinski definition) is 4. The fraction of sp³-hybridized carbons (Fsp3) is 0.533. The molecule has 0 aromatic heterocycles. The number of hydrogen-bond donors (Lipinski definition) is 1. The molecule has 4 nitrogen and oxygen atoms in total. The molecule has 110 valence electrons. The topological polar surface area (TPSA) is 41.6 Å². The van der Waals surface area contributed by atoms with Gasteiger partial charge in [0.1, 0.15) is 11.9 Å². The van der Waals surface area contributed by atoms with Gasteiger partial charge in [-0.1, -0.05) is 12.1 Å². The molecular formula is C15H21FN2O2. The lowest BCUT2D eigenvalue weighted by Crippen LogP contribution is -2.48. The van der Waals surface area contributed by atoms with Gasteiger partial charge >= 0.3 is 5.97 Å². The highest BCUT2D eigenvalue weighted by atomic mass is 19.1. The van der Waals surface area contributed by atoms with E-state index in [1.807, 2.05) is 11.8 Å². The van der Waals surface area contributed by atoms with Crippen molar-refractivity contribution in [3.63, 3.8) is 0 Å². The van der Waals surface area contributed by atoms with Crippen LogP contribution in [0.4, 0.5) is 10.1 Å². The Morgan fingerprint density at radius 3 is 2.75 bits per heavy atom. The summed E-state index contributed by atoms with van der Waals surface area (Å²) in [4.78, 5) is 13.7. The van der Waals surface area contributed by atoms with Crippen molar-refractivity contribution in [3.05, 3.63) is 30.1 Å². The van der Waals surface area contributed by atoms with Crippen LogP contribution in [-0.2, 0) is 9.53 Å². The third-order valence-corrected chi connectivity index (χ3v) is 3.48. The predicted octanol–water partition coefficient (Wildman–Crippen LogP) is 1.95. The largest absolute Gasteiger partial charge is 0.468 e. The van der Waals surface area contributed by atoms with E-state index < -0.39 is 6.04 Å². The Morgan fingerprint density at radius 1 is 1.50 bits per heavy atom. The number of benzene rings is 1. The number of ether oxygens (including phenoxy) is 1. The van der Waals surface area contributed by atoms with Crippen LogP contribution < -0.4 is 10.2 Å². The number of nitrogens with one attached hydrogen (secondary N) is 1. The van der Waals surface area contributed by atoms with Gasteiger partial charge in [0.25, 0.3) is 0 Å². The third kappa shape index (κ3) is 3.70. The van der Waals surface area contributed by atoms with Crippen LogP contribution in [0, 0.1) is 5.82 Å². The van der Waals surface area contributed by atoms with Crippen molar-refractivity contribution in [1.29, 1.82) is 0 Å². The first kappa shape index (κ1) is 14.8. The molecule has 0 bridgehead atoms. The molecule has 1 aliphatic carbocycles. The van der Waals surface area contributed by atoms with Crippen LogP contribution in [0.15, 0.2) is 24.3 Å². The molecule has 0 saturated heterocycles. The van der Waals surface area contributed by atoms with Gasteiger partial charge in [-0.3, -0.25) is 4.79 Å². The lowest BCUT2D eigenvalue weighted by Gasteiger charge is -2.28. The second kappa shape index (κ2) is 6.70. The van der Waals surface area contributed by atoms with Gasteiger partial charge < -0.3 is 15.0 Å². The van der Waals surface area contributed by atoms with Crippen LogP contribution in [0.1, 0.15) is 19.8 Å². The summed E-state index contributed by atoms with van der Waals surface area (Å²) >= 11 is 0. The van der Waals surface area contributed by atoms with Gasteiger partial charge in [-0.15, -0.1) is 0 Å². The van der Waals surface area contributed by atoms with Crippen LogP contribution in [0.2, 0.25) is 0 Å². The highest BCUT2D eigenvalue weighted by Crippen LogP contribution is 2.22. The molecule has 5 heteroatoms. The van der Waals surface area contributed by atoms with Gasteiger partial charge in [-0.05, 0) is 31.9 Å². The van der Waals surface area contributed by atoms with Crippen molar-refractivity contribution in [1.82, 2.24) is 5.32 Å². The van der Waals surface area contributed by atoms with Crippen LogP contribution >= 0.6 is 0 Å². The second-order valence-corrected chi connectivity index (χ2v) is 5.01. The molecule has 1 saturated carbocycles. The number of halogens is 1. The maximum Gasteiger partial charge on any atom is 0.324 e. The quantitative estimate of drug-likeness (QED) is 0.775. The molecule has 2 rings (SSSR count). The lowest BCUT2D eigenvalue weighted by atomic mass is 10.2. The highest BCUT2D eigenvalue weighted by Gasteiger charge is 2.30. The van der Waals surface area contributed by atoms with E-state index in [4.69, 9.17) is 4.74 Å². The SMILES string of the molecule is CCN(CC(NC1CC1)C(=O)OC)c1ccccc1F. The maximum absolute atomic E-state index is 13.9. The normalized spacial score (nSPS) is 15.8. The summed E-state index contributed by atoms with van der Waals surface area (Å²) in [5, 5.41) is 3.26. The maximum atomic E-state index is 13.9. The number of rotatable bonds is 7. The van der Waals surface area contributed by atoms with Gasteiger partial charge in [0.05, 0.1) is 12.8 Å². The van der Waals surface area contributed by atoms with Crippen LogP contribution in [0.5, 0.6) is 0 Å². The summed E-state index contributed by atoms with van der Waals surface area (Å²) in [6.45, 7) is 2.97. The van der Waals surface area contributed by atoms with Crippen molar-refractivity contribution in [2.45, 2.75) is 31.8 Å². The monoisotopic (exact) mass is 280 g/mol. The number of methoxy groups -OCH3 is 1. The van der Waals surface area contributed by atoms with Gasteiger partial charge in [0.15, 0.2) is 0 Å². The summed E-state index contributed by atoms with van der Waals surface area (Å²) in [5.41, 5.74) is 0.515. The molecule has 0 amide bonds. The Bertz CT molecular complexity index is 463. The molecule has 1 aromatic carbocycles. The van der Waals surface area contributed by atoms with Crippen molar-refractivity contribution < 1.29 is 13.9 Å². The summed E-state index contributed by atoms with van der Waals surface area (Å²) in [6, 6.07) is 6.57. The minimum atomic E-state index is -0.424. The summed E-state index contributed by atoms with van der Waals surface area (Å²) in [7, 11) is 1.38. The van der Waals surface area contributed by atoms with E-state index >= 15 is 0 Å². The molecule has 1 aliphatic rings. The minimum Gasteiger partial charge on any atom is -0.468 e. The Labute approximate surface area is 118 Å². The first-order valence-corrected chi connectivity index (χ1v) is 6.99. The van der Waals surface area contributed by atoms with E-state index in [1.165, 1.54) is 13.2 Å². The van der Waals surface area contributed by atoms with E-state index in [9.17, 15) is 9.18 Å². The van der Waals surface area contributed by atoms with Gasteiger partial charge in [0, 0.05) is 19.1 Å². The van der Waals surface area contributed by atoms with E-state index in [0.717, 1.165) is 12.8 Å². The Kier molecular flexibility index (Phi) is 4.95. The molecule has 0 aliphatic heterocycles. The fourth-order valence-electron chi connectivity index (χ4n) is 2.20. The molecular weight excluding hydrogens is 259 g/mol. The molecule has 0 radical (unpaired) electrons. The zero-order valence-corrected chi connectivity index (χ0v) is 11.9. The number of esters is 1. The van der Waals surface area contributed by atoms with Crippen LogP contribution in [0.3, 0.4) is 0 Å².